The zero-order valence-corrected chi connectivity index (χ0v) is 20.7. The number of hydrogen-bond donors (Lipinski definition) is 1. The van der Waals surface area contributed by atoms with E-state index < -0.39 is 0 Å². The van der Waals surface area contributed by atoms with Crippen LogP contribution in [-0.4, -0.2) is 47.5 Å². The van der Waals surface area contributed by atoms with Crippen LogP contribution in [0.4, 0.5) is 11.4 Å². The van der Waals surface area contributed by atoms with Crippen molar-refractivity contribution in [3.05, 3.63) is 58.4 Å². The Morgan fingerprint density at radius 2 is 1.88 bits per heavy atom. The molecule has 2 heterocycles. The van der Waals surface area contributed by atoms with Crippen LogP contribution < -0.4 is 15.8 Å². The molecule has 1 aromatic heterocycles. The van der Waals surface area contributed by atoms with E-state index in [9.17, 15) is 9.59 Å². The molecule has 0 aliphatic carbocycles. The monoisotopic (exact) mass is 480 g/mol. The van der Waals surface area contributed by atoms with Crippen LogP contribution in [0.5, 0.6) is 0 Å². The molecule has 1 N–H and O–H groups in total. The number of benzene rings is 2. The van der Waals surface area contributed by atoms with Gasteiger partial charge < -0.3 is 15.0 Å². The van der Waals surface area contributed by atoms with Gasteiger partial charge in [-0.3, -0.25) is 14.2 Å². The summed E-state index contributed by atoms with van der Waals surface area (Å²) in [5, 5.41) is 4.13. The number of unbranched alkanes of at least 4 members (excludes halogenated alkanes) is 1. The SMILES string of the molecule is CCCCn1c(SCC(=O)Nc2ccc(CC)cc2)nc2ccc(N3CCOCC3)cc2c1=O. The van der Waals surface area contributed by atoms with Crippen molar-refractivity contribution >= 4 is 39.9 Å². The number of rotatable bonds is 9. The number of anilines is 2. The molecule has 1 aliphatic heterocycles. The Hall–Kier alpha value is -2.84. The maximum atomic E-state index is 13.5. The lowest BCUT2D eigenvalue weighted by atomic mass is 10.1. The summed E-state index contributed by atoms with van der Waals surface area (Å²) in [7, 11) is 0. The number of hydrogen-bond acceptors (Lipinski definition) is 6. The van der Waals surface area contributed by atoms with Crippen molar-refractivity contribution in [1.29, 1.82) is 0 Å². The third-order valence-electron chi connectivity index (χ3n) is 5.99. The van der Waals surface area contributed by atoms with E-state index in [0.29, 0.717) is 35.8 Å². The van der Waals surface area contributed by atoms with E-state index in [1.165, 1.54) is 17.3 Å². The predicted molar refractivity (Wildman–Crippen MR) is 139 cm³/mol. The van der Waals surface area contributed by atoms with E-state index in [1.807, 2.05) is 42.5 Å². The van der Waals surface area contributed by atoms with Gasteiger partial charge in [-0.2, -0.15) is 0 Å². The molecular formula is C26H32N4O3S. The first-order valence-electron chi connectivity index (χ1n) is 12.0. The number of amides is 1. The first-order valence-corrected chi connectivity index (χ1v) is 13.0. The van der Waals surface area contributed by atoms with E-state index in [1.54, 1.807) is 4.57 Å². The van der Waals surface area contributed by atoms with Crippen molar-refractivity contribution in [1.82, 2.24) is 9.55 Å². The summed E-state index contributed by atoms with van der Waals surface area (Å²) in [6, 6.07) is 13.7. The maximum Gasteiger partial charge on any atom is 0.262 e. The number of aromatic nitrogens is 2. The number of carbonyl (C=O) groups is 1. The highest BCUT2D eigenvalue weighted by molar-refractivity contribution is 7.99. The average molecular weight is 481 g/mol. The number of carbonyl (C=O) groups excluding carboxylic acids is 1. The second-order valence-electron chi connectivity index (χ2n) is 8.39. The third-order valence-corrected chi connectivity index (χ3v) is 6.97. The molecule has 0 bridgehead atoms. The van der Waals surface area contributed by atoms with Gasteiger partial charge in [0.1, 0.15) is 0 Å². The molecule has 34 heavy (non-hydrogen) atoms. The van der Waals surface area contributed by atoms with Gasteiger partial charge in [0.25, 0.3) is 5.56 Å². The first kappa shape index (κ1) is 24.3. The zero-order valence-electron chi connectivity index (χ0n) is 19.9. The van der Waals surface area contributed by atoms with Gasteiger partial charge in [0, 0.05) is 31.0 Å². The van der Waals surface area contributed by atoms with E-state index in [4.69, 9.17) is 9.72 Å². The van der Waals surface area contributed by atoms with Gasteiger partial charge in [-0.25, -0.2) is 4.98 Å². The Morgan fingerprint density at radius 3 is 2.59 bits per heavy atom. The normalized spacial score (nSPS) is 13.9. The minimum Gasteiger partial charge on any atom is -0.378 e. The quantitative estimate of drug-likeness (QED) is 0.363. The number of aryl methyl sites for hydroxylation is 1. The highest BCUT2D eigenvalue weighted by Crippen LogP contribution is 2.23. The third kappa shape index (κ3) is 5.80. The van der Waals surface area contributed by atoms with E-state index in [2.05, 4.69) is 24.1 Å². The van der Waals surface area contributed by atoms with E-state index in [0.717, 1.165) is 43.7 Å². The molecule has 1 fully saturated rings. The van der Waals surface area contributed by atoms with Crippen LogP contribution in [0.2, 0.25) is 0 Å². The summed E-state index contributed by atoms with van der Waals surface area (Å²) < 4.78 is 7.18. The number of nitrogens with zero attached hydrogens (tertiary/aromatic N) is 3. The van der Waals surface area contributed by atoms with Crippen LogP contribution in [0.1, 0.15) is 32.3 Å². The van der Waals surface area contributed by atoms with Crippen LogP contribution in [0.3, 0.4) is 0 Å². The van der Waals surface area contributed by atoms with Gasteiger partial charge in [0.05, 0.1) is 29.9 Å². The van der Waals surface area contributed by atoms with Crippen LogP contribution in [-0.2, 0) is 22.5 Å². The van der Waals surface area contributed by atoms with Gasteiger partial charge >= 0.3 is 0 Å². The lowest BCUT2D eigenvalue weighted by Gasteiger charge is -2.29. The molecule has 7 nitrogen and oxygen atoms in total. The Labute approximate surface area is 204 Å². The summed E-state index contributed by atoms with van der Waals surface area (Å²) in [6.45, 7) is 7.79. The molecule has 0 atom stereocenters. The Kier molecular flexibility index (Phi) is 8.24. The molecule has 1 amide bonds. The number of morpholine rings is 1. The predicted octanol–water partition coefficient (Wildman–Crippen LogP) is 4.33. The second-order valence-corrected chi connectivity index (χ2v) is 9.34. The summed E-state index contributed by atoms with van der Waals surface area (Å²) in [5.74, 6) is 0.0687. The standard InChI is InChI=1S/C26H32N4O3S/c1-3-5-12-30-25(32)22-17-21(29-13-15-33-16-14-29)10-11-23(22)28-26(30)34-18-24(31)27-20-8-6-19(4-2)7-9-20/h6-11,17H,3-5,12-16,18H2,1-2H3,(H,27,31). The van der Waals surface area contributed by atoms with Crippen molar-refractivity contribution < 1.29 is 9.53 Å². The Balaban J connectivity index is 1.55. The van der Waals surface area contributed by atoms with Gasteiger partial charge in [-0.05, 0) is 48.7 Å². The molecule has 3 aromatic rings. The number of fused-ring (bicyclic) bond motifs is 1. The zero-order chi connectivity index (χ0) is 23.9. The molecule has 1 aliphatic rings. The lowest BCUT2D eigenvalue weighted by Crippen LogP contribution is -2.36. The van der Waals surface area contributed by atoms with Crippen molar-refractivity contribution in [3.63, 3.8) is 0 Å². The largest absolute Gasteiger partial charge is 0.378 e. The summed E-state index contributed by atoms with van der Waals surface area (Å²) in [4.78, 5) is 33.0. The topological polar surface area (TPSA) is 76.5 Å². The molecule has 0 radical (unpaired) electrons. The minimum atomic E-state index is -0.117. The molecule has 0 spiro atoms. The van der Waals surface area contributed by atoms with Crippen molar-refractivity contribution in [2.75, 3.05) is 42.3 Å². The van der Waals surface area contributed by atoms with Crippen molar-refractivity contribution in [2.45, 2.75) is 44.8 Å². The number of thioether (sulfide) groups is 1. The molecule has 2 aromatic carbocycles. The van der Waals surface area contributed by atoms with Gasteiger partial charge in [-0.1, -0.05) is 44.2 Å². The summed E-state index contributed by atoms with van der Waals surface area (Å²) in [6.07, 6.45) is 2.80. The highest BCUT2D eigenvalue weighted by atomic mass is 32.2. The molecule has 180 valence electrons. The Morgan fingerprint density at radius 1 is 1.12 bits per heavy atom. The van der Waals surface area contributed by atoms with Crippen LogP contribution in [0.15, 0.2) is 52.4 Å². The molecule has 4 rings (SSSR count). The van der Waals surface area contributed by atoms with Crippen LogP contribution in [0, 0.1) is 0 Å². The molecule has 8 heteroatoms. The fourth-order valence-electron chi connectivity index (χ4n) is 3.98. The second kappa shape index (κ2) is 11.5. The lowest BCUT2D eigenvalue weighted by molar-refractivity contribution is -0.113. The van der Waals surface area contributed by atoms with Crippen LogP contribution >= 0.6 is 11.8 Å². The number of nitrogens with one attached hydrogen (secondary N) is 1. The maximum absolute atomic E-state index is 13.5. The summed E-state index contributed by atoms with van der Waals surface area (Å²) >= 11 is 1.31. The first-order chi connectivity index (χ1) is 16.6. The van der Waals surface area contributed by atoms with Gasteiger partial charge in [-0.15, -0.1) is 0 Å². The van der Waals surface area contributed by atoms with Crippen molar-refractivity contribution in [3.8, 4) is 0 Å². The van der Waals surface area contributed by atoms with Crippen LogP contribution in [0.25, 0.3) is 10.9 Å². The van der Waals surface area contributed by atoms with E-state index >= 15 is 0 Å². The molecule has 0 unspecified atom stereocenters. The Bertz CT molecular complexity index is 1190. The minimum absolute atomic E-state index is 0.0494. The van der Waals surface area contributed by atoms with E-state index in [-0.39, 0.29) is 17.2 Å². The number of ether oxygens (including phenoxy) is 1. The van der Waals surface area contributed by atoms with Gasteiger partial charge in [0.2, 0.25) is 5.91 Å². The molecule has 0 saturated carbocycles. The summed E-state index contributed by atoms with van der Waals surface area (Å²) in [5.41, 5.74) is 3.63. The fourth-order valence-corrected chi connectivity index (χ4v) is 4.81. The van der Waals surface area contributed by atoms with Crippen molar-refractivity contribution in [2.24, 2.45) is 0 Å². The van der Waals surface area contributed by atoms with Gasteiger partial charge in [0.15, 0.2) is 5.16 Å². The fraction of sp³-hybridized carbons (Fsp3) is 0.423. The average Bonchev–Trinajstić information content (AvgIpc) is 2.88. The molecule has 1 saturated heterocycles. The highest BCUT2D eigenvalue weighted by Gasteiger charge is 2.16. The molecular weight excluding hydrogens is 448 g/mol. The smallest absolute Gasteiger partial charge is 0.262 e.